The van der Waals surface area contributed by atoms with Gasteiger partial charge in [-0.05, 0) is 54.7 Å². The van der Waals surface area contributed by atoms with Crippen LogP contribution in [0.1, 0.15) is 54.7 Å². The van der Waals surface area contributed by atoms with Gasteiger partial charge in [-0.3, -0.25) is 9.59 Å². The number of benzene rings is 3. The molecule has 1 N–H and O–H groups in total. The molecule has 0 bridgehead atoms. The van der Waals surface area contributed by atoms with Gasteiger partial charge in [-0.25, -0.2) is 0 Å². The Balaban J connectivity index is 1.69. The number of hydrogen-bond donors (Lipinski definition) is 1. The third-order valence-corrected chi connectivity index (χ3v) is 5.08. The lowest BCUT2D eigenvalue weighted by atomic mass is 9.86. The summed E-state index contributed by atoms with van der Waals surface area (Å²) in [4.78, 5) is 25.5. The summed E-state index contributed by atoms with van der Waals surface area (Å²) in [5.41, 5.74) is 3.96. The van der Waals surface area contributed by atoms with E-state index in [0.717, 1.165) is 5.56 Å². The average Bonchev–Trinajstić information content (AvgIpc) is 2.73. The van der Waals surface area contributed by atoms with Crippen LogP contribution in [0.5, 0.6) is 5.75 Å². The smallest absolute Gasteiger partial charge is 0.265 e. The van der Waals surface area contributed by atoms with E-state index < -0.39 is 6.10 Å². The molecule has 0 fully saturated rings. The van der Waals surface area contributed by atoms with Gasteiger partial charge < -0.3 is 10.1 Å². The Morgan fingerprint density at radius 3 is 2.19 bits per heavy atom. The Morgan fingerprint density at radius 2 is 1.55 bits per heavy atom. The molecule has 0 aromatic heterocycles. The molecule has 3 aromatic carbocycles. The van der Waals surface area contributed by atoms with Crippen LogP contribution in [-0.4, -0.2) is 17.8 Å². The minimum Gasteiger partial charge on any atom is -0.481 e. The molecule has 160 valence electrons. The van der Waals surface area contributed by atoms with Gasteiger partial charge in [0.2, 0.25) is 0 Å². The molecule has 4 heteroatoms. The number of amides is 1. The zero-order chi connectivity index (χ0) is 22.6. The maximum atomic E-state index is 12.9. The van der Waals surface area contributed by atoms with Crippen LogP contribution in [0.2, 0.25) is 0 Å². The monoisotopic (exact) mass is 415 g/mol. The summed E-state index contributed by atoms with van der Waals surface area (Å²) in [6.45, 7) is 10.1. The largest absolute Gasteiger partial charge is 0.481 e. The number of carbonyl (C=O) groups excluding carboxylic acids is 2. The quantitative estimate of drug-likeness (QED) is 0.508. The van der Waals surface area contributed by atoms with Crippen molar-refractivity contribution < 1.29 is 14.3 Å². The van der Waals surface area contributed by atoms with E-state index in [1.807, 2.05) is 55.5 Å². The summed E-state index contributed by atoms with van der Waals surface area (Å²) < 4.78 is 5.74. The Hall–Kier alpha value is -3.40. The van der Waals surface area contributed by atoms with Crippen LogP contribution in [0.15, 0.2) is 72.8 Å². The first-order valence-corrected chi connectivity index (χ1v) is 10.4. The Bertz CT molecular complexity index is 1080. The number of ether oxygens (including phenoxy) is 1. The molecule has 0 heterocycles. The van der Waals surface area contributed by atoms with Crippen molar-refractivity contribution in [1.82, 2.24) is 0 Å². The second-order valence-electron chi connectivity index (χ2n) is 8.80. The van der Waals surface area contributed by atoms with Gasteiger partial charge in [-0.2, -0.15) is 0 Å². The van der Waals surface area contributed by atoms with E-state index in [2.05, 4.69) is 26.1 Å². The van der Waals surface area contributed by atoms with E-state index in [1.165, 1.54) is 5.56 Å². The van der Waals surface area contributed by atoms with Crippen LogP contribution in [-0.2, 0) is 10.2 Å². The van der Waals surface area contributed by atoms with E-state index >= 15 is 0 Å². The molecule has 0 aliphatic heterocycles. The van der Waals surface area contributed by atoms with Gasteiger partial charge in [0.1, 0.15) is 5.75 Å². The second-order valence-corrected chi connectivity index (χ2v) is 8.80. The highest BCUT2D eigenvalue weighted by molar-refractivity contribution is 6.09. The van der Waals surface area contributed by atoms with Crippen LogP contribution in [0, 0.1) is 6.92 Å². The van der Waals surface area contributed by atoms with Gasteiger partial charge in [0.25, 0.3) is 5.91 Å². The van der Waals surface area contributed by atoms with Gasteiger partial charge in [-0.15, -0.1) is 0 Å². The SMILES string of the molecule is Cc1cccc(O[C@@H](C)C(=O)Nc2cccc(C(=O)c3ccc(C(C)(C)C)cc3)c2)c1. The predicted molar refractivity (Wildman–Crippen MR) is 125 cm³/mol. The Morgan fingerprint density at radius 1 is 0.871 bits per heavy atom. The summed E-state index contributed by atoms with van der Waals surface area (Å²) in [6.07, 6.45) is -0.675. The maximum Gasteiger partial charge on any atom is 0.265 e. The lowest BCUT2D eigenvalue weighted by Crippen LogP contribution is -2.30. The fraction of sp³-hybridized carbons (Fsp3) is 0.259. The zero-order valence-corrected chi connectivity index (χ0v) is 18.7. The van der Waals surface area contributed by atoms with Gasteiger partial charge in [0.05, 0.1) is 0 Å². The van der Waals surface area contributed by atoms with Crippen molar-refractivity contribution in [2.75, 3.05) is 5.32 Å². The molecular weight excluding hydrogens is 386 g/mol. The fourth-order valence-corrected chi connectivity index (χ4v) is 3.22. The van der Waals surface area contributed by atoms with Gasteiger partial charge in [0, 0.05) is 16.8 Å². The van der Waals surface area contributed by atoms with Crippen molar-refractivity contribution in [3.8, 4) is 5.75 Å². The number of carbonyl (C=O) groups is 2. The highest BCUT2D eigenvalue weighted by Gasteiger charge is 2.17. The molecule has 3 rings (SSSR count). The molecular formula is C27H29NO3. The normalized spacial score (nSPS) is 12.2. The molecule has 0 aliphatic rings. The zero-order valence-electron chi connectivity index (χ0n) is 18.7. The van der Waals surface area contributed by atoms with Crippen LogP contribution >= 0.6 is 0 Å². The third kappa shape index (κ3) is 5.82. The fourth-order valence-electron chi connectivity index (χ4n) is 3.22. The van der Waals surface area contributed by atoms with Crippen molar-refractivity contribution >= 4 is 17.4 Å². The topological polar surface area (TPSA) is 55.4 Å². The Labute approximate surface area is 184 Å². The second kappa shape index (κ2) is 9.17. The molecule has 0 aliphatic carbocycles. The molecule has 31 heavy (non-hydrogen) atoms. The summed E-state index contributed by atoms with van der Waals surface area (Å²) >= 11 is 0. The van der Waals surface area contributed by atoms with E-state index in [9.17, 15) is 9.59 Å². The standard InChI is InChI=1S/C27H29NO3/c1-18-8-6-11-24(16-18)31-19(2)26(30)28-23-10-7-9-21(17-23)25(29)20-12-14-22(15-13-20)27(3,4)5/h6-17,19H,1-5H3,(H,28,30)/t19-/m0/s1. The molecule has 0 saturated carbocycles. The molecule has 1 amide bonds. The highest BCUT2D eigenvalue weighted by Crippen LogP contribution is 2.23. The van der Waals surface area contributed by atoms with Crippen LogP contribution < -0.4 is 10.1 Å². The number of nitrogens with one attached hydrogen (secondary N) is 1. The summed E-state index contributed by atoms with van der Waals surface area (Å²) in [5.74, 6) is 0.284. The van der Waals surface area contributed by atoms with Gasteiger partial charge in [0.15, 0.2) is 11.9 Å². The Kier molecular flexibility index (Phi) is 6.59. The van der Waals surface area contributed by atoms with Crippen molar-refractivity contribution in [1.29, 1.82) is 0 Å². The average molecular weight is 416 g/mol. The van der Waals surface area contributed by atoms with E-state index in [-0.39, 0.29) is 17.1 Å². The first kappa shape index (κ1) is 22.3. The number of anilines is 1. The minimum absolute atomic E-state index is 0.0307. The van der Waals surface area contributed by atoms with E-state index in [0.29, 0.717) is 22.6 Å². The minimum atomic E-state index is -0.675. The molecule has 0 spiro atoms. The molecule has 0 saturated heterocycles. The number of ketones is 1. The summed E-state index contributed by atoms with van der Waals surface area (Å²) in [5, 5.41) is 2.84. The van der Waals surface area contributed by atoms with Crippen molar-refractivity contribution in [3.05, 3.63) is 95.1 Å². The van der Waals surface area contributed by atoms with Crippen LogP contribution in [0.25, 0.3) is 0 Å². The summed E-state index contributed by atoms with van der Waals surface area (Å²) in [7, 11) is 0. The molecule has 0 radical (unpaired) electrons. The first-order valence-electron chi connectivity index (χ1n) is 10.4. The van der Waals surface area contributed by atoms with Crippen molar-refractivity contribution in [2.24, 2.45) is 0 Å². The van der Waals surface area contributed by atoms with E-state index in [4.69, 9.17) is 4.74 Å². The number of hydrogen-bond acceptors (Lipinski definition) is 3. The van der Waals surface area contributed by atoms with Gasteiger partial charge in [-0.1, -0.05) is 69.3 Å². The molecule has 1 atom stereocenters. The molecule has 4 nitrogen and oxygen atoms in total. The molecule has 3 aromatic rings. The van der Waals surface area contributed by atoms with E-state index in [1.54, 1.807) is 31.2 Å². The summed E-state index contributed by atoms with van der Waals surface area (Å²) in [6, 6.07) is 22.2. The highest BCUT2D eigenvalue weighted by atomic mass is 16.5. The predicted octanol–water partition coefficient (Wildman–Crippen LogP) is 5.93. The maximum absolute atomic E-state index is 12.9. The lowest BCUT2D eigenvalue weighted by Gasteiger charge is -2.19. The third-order valence-electron chi connectivity index (χ3n) is 5.08. The number of aryl methyl sites for hydroxylation is 1. The van der Waals surface area contributed by atoms with Crippen molar-refractivity contribution in [3.63, 3.8) is 0 Å². The van der Waals surface area contributed by atoms with Crippen LogP contribution in [0.4, 0.5) is 5.69 Å². The van der Waals surface area contributed by atoms with Gasteiger partial charge >= 0.3 is 0 Å². The lowest BCUT2D eigenvalue weighted by molar-refractivity contribution is -0.122. The molecule has 0 unspecified atom stereocenters. The first-order chi connectivity index (χ1) is 14.6. The number of rotatable bonds is 6. The van der Waals surface area contributed by atoms with Crippen molar-refractivity contribution in [2.45, 2.75) is 46.1 Å². The van der Waals surface area contributed by atoms with Crippen LogP contribution in [0.3, 0.4) is 0 Å².